The Balaban J connectivity index is 2.19. The van der Waals surface area contributed by atoms with E-state index in [1.807, 2.05) is 0 Å². The lowest BCUT2D eigenvalue weighted by molar-refractivity contribution is -0.134. The van der Waals surface area contributed by atoms with E-state index in [1.165, 1.54) is 64.2 Å². The number of nitrogens with zero attached hydrogens (tertiary/aromatic N) is 1. The second-order valence-corrected chi connectivity index (χ2v) is 9.25. The third kappa shape index (κ3) is 11.9. The van der Waals surface area contributed by atoms with Crippen LogP contribution < -0.4 is 11.1 Å². The van der Waals surface area contributed by atoms with Gasteiger partial charge in [-0.15, -0.1) is 0 Å². The van der Waals surface area contributed by atoms with Crippen molar-refractivity contribution in [3.05, 3.63) is 0 Å². The Labute approximate surface area is 185 Å². The number of hydrogen-bond acceptors (Lipinski definition) is 3. The molecule has 0 aromatic carbocycles. The van der Waals surface area contributed by atoms with Gasteiger partial charge in [-0.3, -0.25) is 4.79 Å². The number of carbonyl (C=O) groups excluding carboxylic acids is 1. The van der Waals surface area contributed by atoms with Crippen LogP contribution in [0.3, 0.4) is 0 Å². The van der Waals surface area contributed by atoms with E-state index < -0.39 is 0 Å². The third-order valence-electron chi connectivity index (χ3n) is 6.14. The third-order valence-corrected chi connectivity index (χ3v) is 6.59. The van der Waals surface area contributed by atoms with Crippen LogP contribution in [0.2, 0.25) is 0 Å². The molecule has 5 heteroatoms. The van der Waals surface area contributed by atoms with Gasteiger partial charge in [0.25, 0.3) is 0 Å². The van der Waals surface area contributed by atoms with Crippen LogP contribution in [-0.2, 0) is 4.79 Å². The summed E-state index contributed by atoms with van der Waals surface area (Å²) in [6.45, 7) is 6.04. The quantitative estimate of drug-likeness (QED) is 0.245. The first-order chi connectivity index (χ1) is 14.1. The average Bonchev–Trinajstić information content (AvgIpc) is 2.73. The first kappa shape index (κ1) is 26.4. The highest BCUT2D eigenvalue weighted by atomic mass is 32.1. The lowest BCUT2D eigenvalue weighted by Crippen LogP contribution is -2.51. The zero-order valence-corrected chi connectivity index (χ0v) is 20.0. The topological polar surface area (TPSA) is 58.4 Å². The van der Waals surface area contributed by atoms with E-state index in [4.69, 9.17) is 18.0 Å². The average molecular weight is 426 g/mol. The summed E-state index contributed by atoms with van der Waals surface area (Å²) in [5.41, 5.74) is 6.10. The monoisotopic (exact) mass is 425 g/mol. The molecule has 1 heterocycles. The molecule has 1 amide bonds. The molecule has 0 aliphatic carbocycles. The van der Waals surface area contributed by atoms with E-state index in [0.717, 1.165) is 50.2 Å². The molecule has 1 fully saturated rings. The summed E-state index contributed by atoms with van der Waals surface area (Å²) in [6, 6.07) is 0.209. The number of nitrogens with two attached hydrogens (primary N) is 1. The molecule has 1 rings (SSSR count). The van der Waals surface area contributed by atoms with Crippen molar-refractivity contribution in [1.82, 2.24) is 10.2 Å². The van der Waals surface area contributed by atoms with Gasteiger partial charge in [-0.25, -0.2) is 0 Å². The summed E-state index contributed by atoms with van der Waals surface area (Å²) in [4.78, 5) is 15.6. The van der Waals surface area contributed by atoms with Crippen molar-refractivity contribution < 1.29 is 4.79 Å². The van der Waals surface area contributed by atoms with Gasteiger partial charge >= 0.3 is 0 Å². The Bertz CT molecular complexity index is 444. The SMILES string of the molecule is CCCCCCCCCCCCC(=O)N1CCCCC1CNC(=S)C(N)CCC. The largest absolute Gasteiger partial charge is 0.376 e. The summed E-state index contributed by atoms with van der Waals surface area (Å²) in [5, 5.41) is 3.34. The standard InChI is InChI=1S/C24H47N3OS/c1-3-5-6-7-8-9-10-11-12-13-18-23(28)27-19-15-14-17-21(27)20-26-24(29)22(25)16-4-2/h21-22H,3-20,25H2,1-2H3,(H,26,29). The van der Waals surface area contributed by atoms with Crippen LogP contribution in [-0.4, -0.2) is 41.0 Å². The van der Waals surface area contributed by atoms with E-state index >= 15 is 0 Å². The van der Waals surface area contributed by atoms with Crippen molar-refractivity contribution in [2.75, 3.05) is 13.1 Å². The van der Waals surface area contributed by atoms with Gasteiger partial charge in [-0.2, -0.15) is 0 Å². The highest BCUT2D eigenvalue weighted by Crippen LogP contribution is 2.19. The lowest BCUT2D eigenvalue weighted by atomic mass is 10.0. The fraction of sp³-hybridized carbons (Fsp3) is 0.917. The predicted octanol–water partition coefficient (Wildman–Crippen LogP) is 5.72. The highest BCUT2D eigenvalue weighted by Gasteiger charge is 2.26. The van der Waals surface area contributed by atoms with Gasteiger partial charge in [0, 0.05) is 25.6 Å². The number of unbranched alkanes of at least 4 members (excludes halogenated alkanes) is 9. The zero-order valence-electron chi connectivity index (χ0n) is 19.2. The fourth-order valence-corrected chi connectivity index (χ4v) is 4.44. The number of likely N-dealkylation sites (tertiary alicyclic amines) is 1. The Hall–Kier alpha value is -0.680. The Morgan fingerprint density at radius 2 is 1.62 bits per heavy atom. The smallest absolute Gasteiger partial charge is 0.222 e. The minimum Gasteiger partial charge on any atom is -0.376 e. The number of carbonyl (C=O) groups is 1. The summed E-state index contributed by atoms with van der Waals surface area (Å²) in [6.07, 6.45) is 19.1. The van der Waals surface area contributed by atoms with Gasteiger partial charge in [0.15, 0.2) is 0 Å². The summed E-state index contributed by atoms with van der Waals surface area (Å²) in [5.74, 6) is 0.333. The molecule has 0 aromatic heterocycles. The number of piperidine rings is 1. The molecule has 2 unspecified atom stereocenters. The molecule has 2 atom stereocenters. The minimum absolute atomic E-state index is 0.0608. The fourth-order valence-electron chi connectivity index (χ4n) is 4.24. The molecule has 0 bridgehead atoms. The molecule has 0 aromatic rings. The minimum atomic E-state index is -0.0608. The first-order valence-corrected chi connectivity index (χ1v) is 12.8. The van der Waals surface area contributed by atoms with E-state index in [2.05, 4.69) is 24.1 Å². The number of nitrogens with one attached hydrogen (secondary N) is 1. The molecule has 1 saturated heterocycles. The highest BCUT2D eigenvalue weighted by molar-refractivity contribution is 7.80. The van der Waals surface area contributed by atoms with E-state index in [1.54, 1.807) is 0 Å². The second kappa shape index (κ2) is 17.0. The molecule has 1 aliphatic rings. The van der Waals surface area contributed by atoms with Crippen molar-refractivity contribution in [2.24, 2.45) is 5.73 Å². The maximum Gasteiger partial charge on any atom is 0.222 e. The first-order valence-electron chi connectivity index (χ1n) is 12.4. The van der Waals surface area contributed by atoms with Gasteiger partial charge in [-0.05, 0) is 32.1 Å². The van der Waals surface area contributed by atoms with Crippen LogP contribution in [0.4, 0.5) is 0 Å². The Morgan fingerprint density at radius 3 is 2.24 bits per heavy atom. The predicted molar refractivity (Wildman–Crippen MR) is 129 cm³/mol. The van der Waals surface area contributed by atoms with Crippen molar-refractivity contribution in [1.29, 1.82) is 0 Å². The molecule has 170 valence electrons. The summed E-state index contributed by atoms with van der Waals surface area (Å²) < 4.78 is 0. The molecule has 4 nitrogen and oxygen atoms in total. The van der Waals surface area contributed by atoms with Crippen LogP contribution in [0.5, 0.6) is 0 Å². The van der Waals surface area contributed by atoms with Crippen LogP contribution >= 0.6 is 12.2 Å². The maximum atomic E-state index is 12.8. The van der Waals surface area contributed by atoms with Crippen LogP contribution in [0.15, 0.2) is 0 Å². The maximum absolute atomic E-state index is 12.8. The number of rotatable bonds is 16. The van der Waals surface area contributed by atoms with Gasteiger partial charge in [0.2, 0.25) is 5.91 Å². The van der Waals surface area contributed by atoms with Crippen molar-refractivity contribution >= 4 is 23.1 Å². The molecule has 0 spiro atoms. The van der Waals surface area contributed by atoms with Gasteiger partial charge in [0.05, 0.1) is 11.0 Å². The van der Waals surface area contributed by atoms with Crippen LogP contribution in [0.25, 0.3) is 0 Å². The van der Waals surface area contributed by atoms with E-state index in [9.17, 15) is 4.79 Å². The molecule has 0 radical (unpaired) electrons. The van der Waals surface area contributed by atoms with Gasteiger partial charge in [-0.1, -0.05) is 90.3 Å². The molecular weight excluding hydrogens is 378 g/mol. The summed E-state index contributed by atoms with van der Waals surface area (Å²) in [7, 11) is 0. The number of amides is 1. The molecule has 0 saturated carbocycles. The van der Waals surface area contributed by atoms with Crippen molar-refractivity contribution in [3.63, 3.8) is 0 Å². The Morgan fingerprint density at radius 1 is 1.00 bits per heavy atom. The molecule has 1 aliphatic heterocycles. The number of thiocarbonyl (C=S) groups is 1. The molecular formula is C24H47N3OS. The number of hydrogen-bond donors (Lipinski definition) is 2. The summed E-state index contributed by atoms with van der Waals surface area (Å²) >= 11 is 5.43. The molecule has 29 heavy (non-hydrogen) atoms. The van der Waals surface area contributed by atoms with Gasteiger partial charge in [0.1, 0.15) is 0 Å². The van der Waals surface area contributed by atoms with E-state index in [-0.39, 0.29) is 12.1 Å². The lowest BCUT2D eigenvalue weighted by Gasteiger charge is -2.36. The van der Waals surface area contributed by atoms with Crippen LogP contribution in [0.1, 0.15) is 117 Å². The Kier molecular flexibility index (Phi) is 15.5. The van der Waals surface area contributed by atoms with Crippen molar-refractivity contribution in [2.45, 2.75) is 129 Å². The molecule has 3 N–H and O–H groups in total. The van der Waals surface area contributed by atoms with Crippen LogP contribution in [0, 0.1) is 0 Å². The van der Waals surface area contributed by atoms with Crippen molar-refractivity contribution in [3.8, 4) is 0 Å². The zero-order chi connectivity index (χ0) is 21.3. The normalized spacial score (nSPS) is 17.9. The van der Waals surface area contributed by atoms with E-state index in [0.29, 0.717) is 12.3 Å². The van der Waals surface area contributed by atoms with Gasteiger partial charge < -0.3 is 16.0 Å². The second-order valence-electron chi connectivity index (χ2n) is 8.81.